The van der Waals surface area contributed by atoms with E-state index in [1.807, 2.05) is 34.6 Å². The highest BCUT2D eigenvalue weighted by molar-refractivity contribution is 5.05. The summed E-state index contributed by atoms with van der Waals surface area (Å²) in [4.78, 5) is 0. The van der Waals surface area contributed by atoms with E-state index in [1.165, 1.54) is 6.20 Å². The molecule has 2 N–H and O–H groups in total. The molecule has 0 aromatic carbocycles. The molecule has 0 saturated carbocycles. The monoisotopic (exact) mass is 171 g/mol. The van der Waals surface area contributed by atoms with Crippen LogP contribution in [0.2, 0.25) is 0 Å². The zero-order chi connectivity index (χ0) is 11.0. The van der Waals surface area contributed by atoms with Crippen molar-refractivity contribution in [3.05, 3.63) is 37.6 Å². The minimum Gasteiger partial charge on any atom is -0.405 e. The van der Waals surface area contributed by atoms with Crippen molar-refractivity contribution in [1.29, 1.82) is 0 Å². The zero-order valence-corrected chi connectivity index (χ0v) is 9.35. The Balaban J connectivity index is -0.0000000397. The summed E-state index contributed by atoms with van der Waals surface area (Å²) in [6, 6.07) is 0. The van der Waals surface area contributed by atoms with E-state index < -0.39 is 0 Å². The van der Waals surface area contributed by atoms with Crippen LogP contribution in [0.3, 0.4) is 0 Å². The highest BCUT2D eigenvalue weighted by Crippen LogP contribution is 1.81. The lowest BCUT2D eigenvalue weighted by molar-refractivity contribution is 1.50. The first-order valence-corrected chi connectivity index (χ1v) is 4.29. The van der Waals surface area contributed by atoms with Crippen LogP contribution in [0.1, 0.15) is 34.6 Å². The molecule has 0 amide bonds. The summed E-state index contributed by atoms with van der Waals surface area (Å²) < 4.78 is 0. The van der Waals surface area contributed by atoms with Crippen molar-refractivity contribution < 1.29 is 0 Å². The molecule has 0 saturated heterocycles. The molecule has 0 aliphatic carbocycles. The molecule has 0 atom stereocenters. The van der Waals surface area contributed by atoms with E-state index in [0.29, 0.717) is 0 Å². The van der Waals surface area contributed by atoms with E-state index in [-0.39, 0.29) is 0 Å². The van der Waals surface area contributed by atoms with Gasteiger partial charge < -0.3 is 5.73 Å². The summed E-state index contributed by atoms with van der Waals surface area (Å²) in [5.74, 6) is 0. The molecule has 1 nitrogen and oxygen atoms in total. The number of nitrogens with two attached hydrogens (primary N) is 1. The predicted molar refractivity (Wildman–Crippen MR) is 62.1 cm³/mol. The minimum absolute atomic E-state index is 1.02. The zero-order valence-electron chi connectivity index (χ0n) is 9.35. The largest absolute Gasteiger partial charge is 0.405 e. The van der Waals surface area contributed by atoms with Gasteiger partial charge in [0.1, 0.15) is 0 Å². The van der Waals surface area contributed by atoms with Crippen molar-refractivity contribution in [3.8, 4) is 0 Å². The molecular weight excluding hydrogens is 146 g/mol. The molecule has 0 unspecified atom stereocenters. The first-order chi connectivity index (χ1) is 5.68. The fourth-order valence-electron chi connectivity index (χ4n) is 0. The van der Waals surface area contributed by atoms with Gasteiger partial charge >= 0.3 is 0 Å². The van der Waals surface area contributed by atoms with E-state index >= 15 is 0 Å². The lowest BCUT2D eigenvalue weighted by atomic mass is 10.4. The molecule has 0 aromatic rings. The molecule has 0 fully saturated rings. The molecule has 12 heavy (non-hydrogen) atoms. The van der Waals surface area contributed by atoms with E-state index in [4.69, 9.17) is 0 Å². The third-order valence-corrected chi connectivity index (χ3v) is 0.348. The van der Waals surface area contributed by atoms with E-state index in [2.05, 4.69) is 25.5 Å². The van der Waals surface area contributed by atoms with Crippen molar-refractivity contribution in [3.63, 3.8) is 0 Å². The molecule has 0 aliphatic heterocycles. The first kappa shape index (κ1) is 22.5. The summed E-state index contributed by atoms with van der Waals surface area (Å²) in [6.45, 7) is 20.1. The standard InChI is InChI=1S/C5H8.C2H5N.2C2H6/c1-4-5(2)3;1-2-3;2*1-2/h4H,1-2H2,3H3;2H,1,3H2;2*1-2H3. The van der Waals surface area contributed by atoms with Gasteiger partial charge in [-0.25, -0.2) is 0 Å². The molecule has 0 rings (SSSR count). The van der Waals surface area contributed by atoms with E-state index in [9.17, 15) is 0 Å². The molecular formula is C11H25N. The first-order valence-electron chi connectivity index (χ1n) is 4.29. The fourth-order valence-corrected chi connectivity index (χ4v) is 0. The van der Waals surface area contributed by atoms with Crippen molar-refractivity contribution in [2.75, 3.05) is 0 Å². The van der Waals surface area contributed by atoms with E-state index in [1.54, 1.807) is 6.08 Å². The van der Waals surface area contributed by atoms with Crippen LogP contribution < -0.4 is 5.73 Å². The quantitative estimate of drug-likeness (QED) is 0.595. The molecule has 0 aliphatic rings. The average Bonchev–Trinajstić information content (AvgIpc) is 2.13. The lowest BCUT2D eigenvalue weighted by Crippen LogP contribution is -1.67. The lowest BCUT2D eigenvalue weighted by Gasteiger charge is -1.71. The van der Waals surface area contributed by atoms with Crippen LogP contribution in [0.5, 0.6) is 0 Å². The fraction of sp³-hybridized carbons (Fsp3) is 0.455. The summed E-state index contributed by atoms with van der Waals surface area (Å²) in [6.07, 6.45) is 2.97. The van der Waals surface area contributed by atoms with Crippen LogP contribution in [-0.4, -0.2) is 0 Å². The summed E-state index contributed by atoms with van der Waals surface area (Å²) >= 11 is 0. The SMILES string of the molecule is C=CC(=C)C.C=CN.CC.CC. The van der Waals surface area contributed by atoms with Crippen LogP contribution in [0.25, 0.3) is 0 Å². The average molecular weight is 171 g/mol. The highest BCUT2D eigenvalue weighted by Gasteiger charge is 1.59. The van der Waals surface area contributed by atoms with Gasteiger partial charge in [-0.1, -0.05) is 59.1 Å². The molecule has 0 radical (unpaired) electrons. The van der Waals surface area contributed by atoms with Gasteiger partial charge in [0.05, 0.1) is 0 Å². The van der Waals surface area contributed by atoms with Crippen molar-refractivity contribution >= 4 is 0 Å². The Morgan fingerprint density at radius 1 is 1.08 bits per heavy atom. The Morgan fingerprint density at radius 3 is 1.17 bits per heavy atom. The number of allylic oxidation sites excluding steroid dienone is 2. The topological polar surface area (TPSA) is 26.0 Å². The Labute approximate surface area is 78.7 Å². The Morgan fingerprint density at radius 2 is 1.17 bits per heavy atom. The van der Waals surface area contributed by atoms with Gasteiger partial charge in [0.2, 0.25) is 0 Å². The molecule has 1 heteroatoms. The summed E-state index contributed by atoms with van der Waals surface area (Å²) in [7, 11) is 0. The molecule has 0 heterocycles. The second-order valence-corrected chi connectivity index (χ2v) is 1.29. The number of hydrogen-bond acceptors (Lipinski definition) is 1. The van der Waals surface area contributed by atoms with Gasteiger partial charge in [-0.3, -0.25) is 0 Å². The maximum Gasteiger partial charge on any atom is -0.0136 e. The maximum atomic E-state index is 4.61. The second kappa shape index (κ2) is 50.4. The van der Waals surface area contributed by atoms with Gasteiger partial charge in [-0.15, -0.1) is 0 Å². The summed E-state index contributed by atoms with van der Waals surface area (Å²) in [5.41, 5.74) is 5.63. The Bertz CT molecular complexity index is 83.0. The Kier molecular flexibility index (Phi) is 94.4. The smallest absolute Gasteiger partial charge is 0.0136 e. The Hall–Kier alpha value is -0.980. The van der Waals surface area contributed by atoms with Crippen LogP contribution in [0.15, 0.2) is 37.6 Å². The van der Waals surface area contributed by atoms with Crippen molar-refractivity contribution in [2.45, 2.75) is 34.6 Å². The normalized spacial score (nSPS) is 4.75. The van der Waals surface area contributed by atoms with Crippen LogP contribution in [0, 0.1) is 0 Å². The third-order valence-electron chi connectivity index (χ3n) is 0.348. The summed E-state index contributed by atoms with van der Waals surface area (Å²) in [5, 5.41) is 0. The van der Waals surface area contributed by atoms with Crippen LogP contribution in [-0.2, 0) is 0 Å². The molecule has 74 valence electrons. The minimum atomic E-state index is 1.02. The van der Waals surface area contributed by atoms with Gasteiger partial charge in [-0.05, 0) is 13.1 Å². The highest BCUT2D eigenvalue weighted by atomic mass is 14.5. The number of rotatable bonds is 1. The number of hydrogen-bond donors (Lipinski definition) is 1. The predicted octanol–water partition coefficient (Wildman–Crippen LogP) is 3.89. The molecule has 0 aromatic heterocycles. The maximum absolute atomic E-state index is 4.61. The molecule has 0 spiro atoms. The van der Waals surface area contributed by atoms with Crippen molar-refractivity contribution in [2.24, 2.45) is 5.73 Å². The molecule has 0 bridgehead atoms. The van der Waals surface area contributed by atoms with Gasteiger partial charge in [0.15, 0.2) is 0 Å². The van der Waals surface area contributed by atoms with Gasteiger partial charge in [0, 0.05) is 0 Å². The van der Waals surface area contributed by atoms with Crippen LogP contribution >= 0.6 is 0 Å². The van der Waals surface area contributed by atoms with Crippen LogP contribution in [0.4, 0.5) is 0 Å². The van der Waals surface area contributed by atoms with Gasteiger partial charge in [-0.2, -0.15) is 0 Å². The third kappa shape index (κ3) is 558. The second-order valence-electron chi connectivity index (χ2n) is 1.29. The van der Waals surface area contributed by atoms with E-state index in [0.717, 1.165) is 5.57 Å². The van der Waals surface area contributed by atoms with Crippen molar-refractivity contribution in [1.82, 2.24) is 0 Å². The van der Waals surface area contributed by atoms with Gasteiger partial charge in [0.25, 0.3) is 0 Å².